The van der Waals surface area contributed by atoms with Crippen LogP contribution in [-0.4, -0.2) is 25.2 Å². The van der Waals surface area contributed by atoms with Crippen LogP contribution in [0.1, 0.15) is 26.2 Å². The normalized spacial score (nSPS) is 18.3. The molecule has 2 aromatic rings. The van der Waals surface area contributed by atoms with Crippen molar-refractivity contribution in [3.63, 3.8) is 0 Å². The van der Waals surface area contributed by atoms with Gasteiger partial charge in [0, 0.05) is 0 Å². The average molecular weight is 393 g/mol. The monoisotopic (exact) mass is 393 g/mol. The van der Waals surface area contributed by atoms with E-state index in [2.05, 4.69) is 15.4 Å². The van der Waals surface area contributed by atoms with E-state index in [4.69, 9.17) is 0 Å². The number of fused-ring (bicyclic) bond motifs is 1. The minimum Gasteiger partial charge on any atom is -0.481 e. The van der Waals surface area contributed by atoms with Crippen molar-refractivity contribution in [1.29, 1.82) is 0 Å². The van der Waals surface area contributed by atoms with Gasteiger partial charge in [-0.1, -0.05) is 13.3 Å². The molecule has 4 N–H and O–H groups in total. The van der Waals surface area contributed by atoms with Crippen LogP contribution in [-0.2, 0) is 14.8 Å². The first kappa shape index (κ1) is 19.0. The highest BCUT2D eigenvalue weighted by Crippen LogP contribution is 2.39. The molecular formula is C18H20FN3O4S. The highest BCUT2D eigenvalue weighted by molar-refractivity contribution is 7.92. The number of anilines is 3. The molecular weight excluding hydrogens is 373 g/mol. The fourth-order valence-electron chi connectivity index (χ4n) is 3.18. The minimum atomic E-state index is -3.86. The number of carboxylic acid groups (broad SMARTS) is 1. The first-order valence-corrected chi connectivity index (χ1v) is 9.92. The summed E-state index contributed by atoms with van der Waals surface area (Å²) < 4.78 is 40.3. The number of rotatable bonds is 7. The maximum atomic E-state index is 13.0. The zero-order valence-electron chi connectivity index (χ0n) is 14.6. The van der Waals surface area contributed by atoms with Crippen LogP contribution in [0.4, 0.5) is 21.5 Å². The van der Waals surface area contributed by atoms with Crippen molar-refractivity contribution in [3.05, 3.63) is 48.3 Å². The summed E-state index contributed by atoms with van der Waals surface area (Å²) >= 11 is 0. The highest BCUT2D eigenvalue weighted by Gasteiger charge is 2.37. The van der Waals surface area contributed by atoms with E-state index >= 15 is 0 Å². The van der Waals surface area contributed by atoms with Crippen molar-refractivity contribution in [1.82, 2.24) is 0 Å². The molecule has 0 fully saturated rings. The van der Waals surface area contributed by atoms with E-state index in [0.29, 0.717) is 23.5 Å². The van der Waals surface area contributed by atoms with Gasteiger partial charge in [0.1, 0.15) is 11.5 Å². The maximum absolute atomic E-state index is 13.0. The Labute approximate surface area is 156 Å². The van der Waals surface area contributed by atoms with E-state index in [1.807, 2.05) is 6.92 Å². The number of benzene rings is 2. The molecule has 144 valence electrons. The Morgan fingerprint density at radius 3 is 2.44 bits per heavy atom. The van der Waals surface area contributed by atoms with Crippen molar-refractivity contribution < 1.29 is 22.7 Å². The molecule has 27 heavy (non-hydrogen) atoms. The third-order valence-corrected chi connectivity index (χ3v) is 5.67. The second kappa shape index (κ2) is 7.07. The second-order valence-electron chi connectivity index (χ2n) is 6.47. The first-order chi connectivity index (χ1) is 12.7. The fourth-order valence-corrected chi connectivity index (χ4v) is 4.23. The van der Waals surface area contributed by atoms with Crippen LogP contribution < -0.4 is 15.4 Å². The van der Waals surface area contributed by atoms with Gasteiger partial charge in [-0.15, -0.1) is 0 Å². The molecule has 0 saturated heterocycles. The summed E-state index contributed by atoms with van der Waals surface area (Å²) in [6.07, 6.45) is 1.24. The smallest absolute Gasteiger partial charge is 0.307 e. The fraction of sp³-hybridized carbons (Fsp3) is 0.278. The van der Waals surface area contributed by atoms with E-state index in [-0.39, 0.29) is 11.3 Å². The van der Waals surface area contributed by atoms with Gasteiger partial charge in [-0.3, -0.25) is 9.52 Å². The van der Waals surface area contributed by atoms with Gasteiger partial charge in [0.15, 0.2) is 0 Å². The van der Waals surface area contributed by atoms with Gasteiger partial charge in [0.2, 0.25) is 0 Å². The number of hydrogen-bond acceptors (Lipinski definition) is 5. The predicted molar refractivity (Wildman–Crippen MR) is 101 cm³/mol. The molecule has 0 spiro atoms. The van der Waals surface area contributed by atoms with E-state index < -0.39 is 27.5 Å². The van der Waals surface area contributed by atoms with Crippen molar-refractivity contribution in [3.8, 4) is 0 Å². The molecule has 7 nitrogen and oxygen atoms in total. The van der Waals surface area contributed by atoms with Crippen LogP contribution in [0.25, 0.3) is 0 Å². The molecule has 1 heterocycles. The van der Waals surface area contributed by atoms with Gasteiger partial charge in [-0.05, 0) is 48.9 Å². The van der Waals surface area contributed by atoms with Gasteiger partial charge in [0.25, 0.3) is 10.0 Å². The summed E-state index contributed by atoms with van der Waals surface area (Å²) in [5.41, 5.74) is 0.825. The summed E-state index contributed by atoms with van der Waals surface area (Å²) in [6.45, 7) is 1.96. The number of sulfonamides is 1. The van der Waals surface area contributed by atoms with Gasteiger partial charge in [0.05, 0.1) is 28.4 Å². The number of carbonyl (C=O) groups is 1. The molecule has 1 unspecified atom stereocenters. The summed E-state index contributed by atoms with van der Waals surface area (Å²) in [5, 5.41) is 15.6. The van der Waals surface area contributed by atoms with Crippen LogP contribution in [0.3, 0.4) is 0 Å². The molecule has 1 aliphatic rings. The number of halogens is 1. The SMILES string of the molecule is CCCC1(CC(=O)O)Nc2ccc(NS(=O)(=O)c3ccc(F)cc3)cc2N1. The number of carboxylic acids is 1. The Hall–Kier alpha value is -2.81. The van der Waals surface area contributed by atoms with E-state index in [0.717, 1.165) is 18.6 Å². The number of nitrogens with one attached hydrogen (secondary N) is 3. The molecule has 9 heteroatoms. The van der Waals surface area contributed by atoms with Crippen LogP contribution in [0.5, 0.6) is 0 Å². The standard InChI is InChI=1S/C18H20FN3O4S/c1-2-9-18(11-17(23)24)20-15-8-5-13(10-16(15)21-18)22-27(25,26)14-6-3-12(19)4-7-14/h3-8,10,20-22H,2,9,11H2,1H3,(H,23,24). The third kappa shape index (κ3) is 4.13. The maximum Gasteiger partial charge on any atom is 0.307 e. The third-order valence-electron chi connectivity index (χ3n) is 4.27. The first-order valence-electron chi connectivity index (χ1n) is 8.44. The Morgan fingerprint density at radius 2 is 1.81 bits per heavy atom. The molecule has 0 aromatic heterocycles. The van der Waals surface area contributed by atoms with Crippen LogP contribution in [0, 0.1) is 5.82 Å². The van der Waals surface area contributed by atoms with E-state index in [1.54, 1.807) is 18.2 Å². The molecule has 2 aromatic carbocycles. The lowest BCUT2D eigenvalue weighted by molar-refractivity contribution is -0.138. The molecule has 3 rings (SSSR count). The van der Waals surface area contributed by atoms with Crippen LogP contribution >= 0.6 is 0 Å². The summed E-state index contributed by atoms with van der Waals surface area (Å²) in [4.78, 5) is 11.2. The van der Waals surface area contributed by atoms with Gasteiger partial charge in [-0.25, -0.2) is 12.8 Å². The molecule has 0 bridgehead atoms. The predicted octanol–water partition coefficient (Wildman–Crippen LogP) is 3.44. The molecule has 0 radical (unpaired) electrons. The average Bonchev–Trinajstić information content (AvgIpc) is 2.91. The Bertz CT molecular complexity index is 963. The summed E-state index contributed by atoms with van der Waals surface area (Å²) in [6, 6.07) is 9.39. The van der Waals surface area contributed by atoms with Crippen molar-refractivity contribution in [2.75, 3.05) is 15.4 Å². The minimum absolute atomic E-state index is 0.0540. The Balaban J connectivity index is 1.83. The number of aliphatic carboxylic acids is 1. The highest BCUT2D eigenvalue weighted by atomic mass is 32.2. The van der Waals surface area contributed by atoms with Gasteiger partial charge in [-0.2, -0.15) is 0 Å². The summed E-state index contributed by atoms with van der Waals surface area (Å²) in [7, 11) is -3.86. The van der Waals surface area contributed by atoms with Gasteiger partial charge >= 0.3 is 5.97 Å². The lowest BCUT2D eigenvalue weighted by atomic mass is 10.0. The van der Waals surface area contributed by atoms with Crippen LogP contribution in [0.15, 0.2) is 47.4 Å². The quantitative estimate of drug-likeness (QED) is 0.574. The van der Waals surface area contributed by atoms with Crippen LogP contribution in [0.2, 0.25) is 0 Å². The molecule has 1 aliphatic heterocycles. The molecule has 0 aliphatic carbocycles. The Morgan fingerprint density at radius 1 is 1.15 bits per heavy atom. The van der Waals surface area contributed by atoms with E-state index in [9.17, 15) is 22.7 Å². The molecule has 0 saturated carbocycles. The number of hydrogen-bond donors (Lipinski definition) is 4. The summed E-state index contributed by atoms with van der Waals surface area (Å²) in [5.74, 6) is -1.46. The molecule has 0 amide bonds. The largest absolute Gasteiger partial charge is 0.481 e. The lowest BCUT2D eigenvalue weighted by Crippen LogP contribution is -2.43. The topological polar surface area (TPSA) is 108 Å². The van der Waals surface area contributed by atoms with Crippen molar-refractivity contribution >= 4 is 33.1 Å². The second-order valence-corrected chi connectivity index (χ2v) is 8.15. The van der Waals surface area contributed by atoms with Crippen molar-refractivity contribution in [2.45, 2.75) is 36.7 Å². The van der Waals surface area contributed by atoms with E-state index in [1.165, 1.54) is 12.1 Å². The zero-order chi connectivity index (χ0) is 19.7. The lowest BCUT2D eigenvalue weighted by Gasteiger charge is -2.29. The molecule has 1 atom stereocenters. The van der Waals surface area contributed by atoms with Crippen molar-refractivity contribution in [2.24, 2.45) is 0 Å². The van der Waals surface area contributed by atoms with Gasteiger partial charge < -0.3 is 15.7 Å². The zero-order valence-corrected chi connectivity index (χ0v) is 15.4. The Kier molecular flexibility index (Phi) is 4.97.